The number of rotatable bonds is 4. The summed E-state index contributed by atoms with van der Waals surface area (Å²) in [5, 5.41) is 2.58. The molecule has 1 unspecified atom stereocenters. The Morgan fingerprint density at radius 2 is 1.96 bits per heavy atom. The van der Waals surface area contributed by atoms with E-state index in [1.807, 2.05) is 0 Å². The van der Waals surface area contributed by atoms with Crippen molar-refractivity contribution in [3.8, 4) is 0 Å². The Morgan fingerprint density at radius 3 is 2.52 bits per heavy atom. The minimum Gasteiger partial charge on any atom is -0.463 e. The van der Waals surface area contributed by atoms with Crippen LogP contribution in [0.25, 0.3) is 5.70 Å². The van der Waals surface area contributed by atoms with Crippen LogP contribution in [0.3, 0.4) is 0 Å². The van der Waals surface area contributed by atoms with Crippen molar-refractivity contribution in [2.45, 2.75) is 19.9 Å². The number of urea groups is 1. The van der Waals surface area contributed by atoms with E-state index in [-0.39, 0.29) is 23.8 Å². The van der Waals surface area contributed by atoms with Crippen LogP contribution in [0.5, 0.6) is 0 Å². The van der Waals surface area contributed by atoms with E-state index in [0.29, 0.717) is 5.56 Å². The number of carbonyl (C=O) groups excluding carboxylic acids is 3. The van der Waals surface area contributed by atoms with Crippen LogP contribution < -0.4 is 5.32 Å². The van der Waals surface area contributed by atoms with Gasteiger partial charge in [-0.15, -0.1) is 11.6 Å². The summed E-state index contributed by atoms with van der Waals surface area (Å²) in [5.41, 5.74) is 0.998. The van der Waals surface area contributed by atoms with Crippen LogP contribution in [0.1, 0.15) is 19.4 Å². The van der Waals surface area contributed by atoms with Crippen LogP contribution in [0.2, 0.25) is 0 Å². The molecule has 3 amide bonds. The van der Waals surface area contributed by atoms with Crippen molar-refractivity contribution in [3.05, 3.63) is 41.5 Å². The molecule has 0 saturated heterocycles. The molecule has 2 rings (SSSR count). The molecule has 122 valence electrons. The number of nitrogens with one attached hydrogen (secondary N) is 1. The lowest BCUT2D eigenvalue weighted by Crippen LogP contribution is -2.53. The quantitative estimate of drug-likeness (QED) is 0.675. The molecule has 0 aliphatic carbocycles. The minimum atomic E-state index is -0.616. The molecule has 1 atom stereocenters. The van der Waals surface area contributed by atoms with Crippen molar-refractivity contribution < 1.29 is 19.1 Å². The van der Waals surface area contributed by atoms with Crippen LogP contribution in [-0.4, -0.2) is 41.3 Å². The Balaban J connectivity index is 2.69. The monoisotopic (exact) mass is 336 g/mol. The molecular weight excluding hydrogens is 320 g/mol. The average Bonchev–Trinajstić information content (AvgIpc) is 2.54. The number of nitrogens with zero attached hydrogens (tertiary/aromatic N) is 1. The fraction of sp³-hybridized carbons (Fsp3) is 0.312. The Kier molecular flexibility index (Phi) is 5.39. The first-order valence-electron chi connectivity index (χ1n) is 7.17. The number of amides is 3. The minimum absolute atomic E-state index is 0.189. The molecule has 1 aliphatic heterocycles. The molecule has 0 radical (unpaired) electrons. The molecule has 0 saturated carbocycles. The maximum absolute atomic E-state index is 12.4. The molecule has 1 aromatic rings. The summed E-state index contributed by atoms with van der Waals surface area (Å²) in [4.78, 5) is 37.7. The van der Waals surface area contributed by atoms with Gasteiger partial charge >= 0.3 is 12.0 Å². The van der Waals surface area contributed by atoms with Gasteiger partial charge in [0.05, 0.1) is 23.9 Å². The van der Waals surface area contributed by atoms with Crippen molar-refractivity contribution in [2.75, 3.05) is 12.5 Å². The Morgan fingerprint density at radius 1 is 1.30 bits per heavy atom. The average molecular weight is 337 g/mol. The van der Waals surface area contributed by atoms with Gasteiger partial charge in [-0.2, -0.15) is 0 Å². The molecule has 0 bridgehead atoms. The highest BCUT2D eigenvalue weighted by Gasteiger charge is 2.38. The van der Waals surface area contributed by atoms with Crippen LogP contribution >= 0.6 is 11.6 Å². The molecule has 0 aromatic heterocycles. The zero-order valence-electron chi connectivity index (χ0n) is 12.8. The van der Waals surface area contributed by atoms with E-state index in [1.165, 1.54) is 0 Å². The molecule has 1 heterocycles. The summed E-state index contributed by atoms with van der Waals surface area (Å²) in [6.45, 7) is 3.54. The predicted octanol–water partition coefficient (Wildman–Crippen LogP) is 2.14. The number of hydrogen-bond acceptors (Lipinski definition) is 4. The smallest absolute Gasteiger partial charge is 0.338 e. The maximum Gasteiger partial charge on any atom is 0.338 e. The fourth-order valence-corrected chi connectivity index (χ4v) is 2.53. The van der Waals surface area contributed by atoms with Crippen LogP contribution in [0.4, 0.5) is 4.79 Å². The Bertz CT molecular complexity index is 657. The van der Waals surface area contributed by atoms with E-state index in [1.54, 1.807) is 44.2 Å². The van der Waals surface area contributed by atoms with Gasteiger partial charge in [0.1, 0.15) is 5.88 Å². The first-order valence-corrected chi connectivity index (χ1v) is 7.70. The fourth-order valence-electron chi connectivity index (χ4n) is 2.41. The van der Waals surface area contributed by atoms with Gasteiger partial charge in [-0.05, 0) is 19.4 Å². The van der Waals surface area contributed by atoms with Gasteiger partial charge in [0.15, 0.2) is 0 Å². The Hall–Kier alpha value is -2.34. The summed E-state index contributed by atoms with van der Waals surface area (Å²) in [5.74, 6) is -1.57. The second-order valence-corrected chi connectivity index (χ2v) is 5.15. The zero-order valence-corrected chi connectivity index (χ0v) is 13.6. The number of carbonyl (C=O) groups is 3. The molecule has 1 N–H and O–H groups in total. The molecule has 1 aliphatic rings. The van der Waals surface area contributed by atoms with Crippen molar-refractivity contribution in [1.82, 2.24) is 10.2 Å². The largest absolute Gasteiger partial charge is 0.463 e. The summed E-state index contributed by atoms with van der Waals surface area (Å²) < 4.78 is 5.08. The molecular formula is C16H17ClN2O4. The topological polar surface area (TPSA) is 75.7 Å². The van der Waals surface area contributed by atoms with Crippen LogP contribution in [0, 0.1) is 0 Å². The summed E-state index contributed by atoms with van der Waals surface area (Å²) in [6, 6.07) is 7.54. The van der Waals surface area contributed by atoms with E-state index >= 15 is 0 Å². The summed E-state index contributed by atoms with van der Waals surface area (Å²) in [7, 11) is 0. The number of esters is 1. The number of halogens is 1. The lowest BCUT2D eigenvalue weighted by atomic mass is 9.97. The van der Waals surface area contributed by atoms with Crippen molar-refractivity contribution in [1.29, 1.82) is 0 Å². The molecule has 23 heavy (non-hydrogen) atoms. The van der Waals surface area contributed by atoms with Gasteiger partial charge in [-0.25, -0.2) is 14.5 Å². The lowest BCUT2D eigenvalue weighted by molar-refractivity contribution is -0.138. The normalized spacial score (nSPS) is 17.8. The van der Waals surface area contributed by atoms with Crippen molar-refractivity contribution in [2.24, 2.45) is 0 Å². The van der Waals surface area contributed by atoms with Gasteiger partial charge in [0.25, 0.3) is 0 Å². The third-order valence-corrected chi connectivity index (χ3v) is 3.59. The summed E-state index contributed by atoms with van der Waals surface area (Å²) in [6.07, 6.45) is 0. The molecule has 6 nitrogen and oxygen atoms in total. The lowest BCUT2D eigenvalue weighted by Gasteiger charge is -2.33. The third-order valence-electron chi connectivity index (χ3n) is 3.36. The number of imide groups is 1. The molecule has 1 aromatic carbocycles. The predicted molar refractivity (Wildman–Crippen MR) is 85.6 cm³/mol. The van der Waals surface area contributed by atoms with Gasteiger partial charge in [-0.3, -0.25) is 4.79 Å². The first kappa shape index (κ1) is 17.0. The van der Waals surface area contributed by atoms with E-state index < -0.39 is 23.9 Å². The highest BCUT2D eigenvalue weighted by molar-refractivity contribution is 6.29. The van der Waals surface area contributed by atoms with Crippen molar-refractivity contribution >= 4 is 35.2 Å². The van der Waals surface area contributed by atoms with E-state index in [9.17, 15) is 14.4 Å². The van der Waals surface area contributed by atoms with Crippen molar-refractivity contribution in [3.63, 3.8) is 0 Å². The molecule has 7 heteroatoms. The number of ether oxygens (including phenoxy) is 1. The van der Waals surface area contributed by atoms with E-state index in [2.05, 4.69) is 5.32 Å². The van der Waals surface area contributed by atoms with Crippen LogP contribution in [0.15, 0.2) is 35.9 Å². The molecule has 0 spiro atoms. The second-order valence-electron chi connectivity index (χ2n) is 4.88. The first-order chi connectivity index (χ1) is 11.0. The van der Waals surface area contributed by atoms with E-state index in [4.69, 9.17) is 16.3 Å². The molecule has 0 fully saturated rings. The van der Waals surface area contributed by atoms with Gasteiger partial charge < -0.3 is 10.1 Å². The highest BCUT2D eigenvalue weighted by atomic mass is 35.5. The number of benzene rings is 1. The van der Waals surface area contributed by atoms with Gasteiger partial charge in [-0.1, -0.05) is 30.3 Å². The summed E-state index contributed by atoms with van der Waals surface area (Å²) >= 11 is 5.62. The van der Waals surface area contributed by atoms with E-state index in [0.717, 1.165) is 4.90 Å². The number of alkyl halides is 1. The maximum atomic E-state index is 12.4. The second kappa shape index (κ2) is 7.28. The standard InChI is InChI=1S/C16H17ClN2O4/c1-3-23-15(21)13-10(2)18-16(22)19(12(20)9-17)14(13)11-7-5-4-6-8-11/h4-8,10H,3,9H2,1-2H3,(H,18,22). The highest BCUT2D eigenvalue weighted by Crippen LogP contribution is 2.30. The van der Waals surface area contributed by atoms with Gasteiger partial charge in [0, 0.05) is 0 Å². The van der Waals surface area contributed by atoms with Crippen LogP contribution in [-0.2, 0) is 14.3 Å². The Labute approximate surface area is 139 Å². The number of hydrogen-bond donors (Lipinski definition) is 1. The van der Waals surface area contributed by atoms with Gasteiger partial charge in [0.2, 0.25) is 5.91 Å². The third kappa shape index (κ3) is 3.37. The zero-order chi connectivity index (χ0) is 17.0. The SMILES string of the molecule is CCOC(=O)C1=C(c2ccccc2)N(C(=O)CCl)C(=O)NC1C.